The van der Waals surface area contributed by atoms with Crippen LogP contribution in [0.2, 0.25) is 0 Å². The van der Waals surface area contributed by atoms with Crippen LogP contribution in [0, 0.1) is 18.8 Å². The minimum Gasteiger partial charge on any atom is -0.309 e. The summed E-state index contributed by atoms with van der Waals surface area (Å²) < 4.78 is 0. The number of hydrogen-bond donors (Lipinski definition) is 1. The zero-order valence-corrected chi connectivity index (χ0v) is 11.4. The lowest BCUT2D eigenvalue weighted by Crippen LogP contribution is -2.29. The Morgan fingerprint density at radius 2 is 2.31 bits per heavy atom. The molecule has 1 aromatic rings. The fourth-order valence-electron chi connectivity index (χ4n) is 3.03. The van der Waals surface area contributed by atoms with Gasteiger partial charge in [-0.2, -0.15) is 0 Å². The van der Waals surface area contributed by atoms with Gasteiger partial charge >= 0.3 is 0 Å². The molecule has 1 aromatic heterocycles. The van der Waals surface area contributed by atoms with E-state index in [1.807, 2.05) is 11.3 Å². The van der Waals surface area contributed by atoms with Gasteiger partial charge in [-0.15, -0.1) is 11.3 Å². The van der Waals surface area contributed by atoms with Gasteiger partial charge in [-0.25, -0.2) is 0 Å². The summed E-state index contributed by atoms with van der Waals surface area (Å²) >= 11 is 1.92. The first kappa shape index (κ1) is 12.1. The second kappa shape index (κ2) is 5.33. The fourth-order valence-corrected chi connectivity index (χ4v) is 4.11. The van der Waals surface area contributed by atoms with Gasteiger partial charge in [0, 0.05) is 10.9 Å². The van der Waals surface area contributed by atoms with Crippen molar-refractivity contribution in [2.45, 2.75) is 46.1 Å². The maximum Gasteiger partial charge on any atom is 0.0448 e. The molecule has 0 amide bonds. The van der Waals surface area contributed by atoms with Crippen molar-refractivity contribution in [3.63, 3.8) is 0 Å². The molecule has 1 N–H and O–H groups in total. The van der Waals surface area contributed by atoms with Gasteiger partial charge in [0.25, 0.3) is 0 Å². The topological polar surface area (TPSA) is 12.0 Å². The molecule has 2 heteroatoms. The molecule has 1 aliphatic rings. The Bertz CT molecular complexity index is 331. The highest BCUT2D eigenvalue weighted by atomic mass is 32.1. The predicted octanol–water partition coefficient (Wildman–Crippen LogP) is 4.14. The molecule has 0 bridgehead atoms. The van der Waals surface area contributed by atoms with Crippen molar-refractivity contribution in [3.8, 4) is 0 Å². The molecule has 0 saturated heterocycles. The van der Waals surface area contributed by atoms with E-state index in [0.29, 0.717) is 6.04 Å². The normalized spacial score (nSPS) is 27.2. The molecule has 16 heavy (non-hydrogen) atoms. The molecule has 90 valence electrons. The standard InChI is InChI=1S/C14H23NS/c1-4-15-13(12-7-5-6-10(12)2)14-11(3)8-9-16-14/h8-10,12-13,15H,4-7H2,1-3H3. The summed E-state index contributed by atoms with van der Waals surface area (Å²) in [5.41, 5.74) is 1.47. The van der Waals surface area contributed by atoms with Gasteiger partial charge in [0.05, 0.1) is 0 Å². The van der Waals surface area contributed by atoms with Crippen LogP contribution in [-0.4, -0.2) is 6.54 Å². The van der Waals surface area contributed by atoms with E-state index in [2.05, 4.69) is 37.5 Å². The molecule has 0 spiro atoms. The van der Waals surface area contributed by atoms with E-state index in [0.717, 1.165) is 18.4 Å². The molecular formula is C14H23NS. The summed E-state index contributed by atoms with van der Waals surface area (Å²) in [6.07, 6.45) is 4.23. The second-order valence-corrected chi connectivity index (χ2v) is 6.02. The van der Waals surface area contributed by atoms with Gasteiger partial charge in [0.1, 0.15) is 0 Å². The molecule has 2 rings (SSSR count). The van der Waals surface area contributed by atoms with E-state index in [4.69, 9.17) is 0 Å². The van der Waals surface area contributed by atoms with Gasteiger partial charge in [0.2, 0.25) is 0 Å². The Hall–Kier alpha value is -0.340. The molecule has 3 atom stereocenters. The lowest BCUT2D eigenvalue weighted by molar-refractivity contribution is 0.308. The third-order valence-electron chi connectivity index (χ3n) is 3.96. The molecule has 1 saturated carbocycles. The van der Waals surface area contributed by atoms with Crippen LogP contribution in [0.4, 0.5) is 0 Å². The zero-order valence-electron chi connectivity index (χ0n) is 10.6. The first-order valence-electron chi connectivity index (χ1n) is 6.51. The zero-order chi connectivity index (χ0) is 11.5. The van der Waals surface area contributed by atoms with E-state index in [1.165, 1.54) is 24.8 Å². The highest BCUT2D eigenvalue weighted by Crippen LogP contribution is 2.42. The highest BCUT2D eigenvalue weighted by Gasteiger charge is 2.32. The van der Waals surface area contributed by atoms with Crippen LogP contribution in [-0.2, 0) is 0 Å². The maximum atomic E-state index is 3.71. The van der Waals surface area contributed by atoms with E-state index < -0.39 is 0 Å². The summed E-state index contributed by atoms with van der Waals surface area (Å²) in [6.45, 7) is 7.96. The van der Waals surface area contributed by atoms with Crippen LogP contribution in [0.3, 0.4) is 0 Å². The van der Waals surface area contributed by atoms with Crippen molar-refractivity contribution in [2.24, 2.45) is 11.8 Å². The Morgan fingerprint density at radius 3 is 2.81 bits per heavy atom. The number of thiophene rings is 1. The Labute approximate surface area is 103 Å². The molecule has 1 fully saturated rings. The largest absolute Gasteiger partial charge is 0.309 e. The van der Waals surface area contributed by atoms with Crippen LogP contribution >= 0.6 is 11.3 Å². The van der Waals surface area contributed by atoms with Gasteiger partial charge < -0.3 is 5.32 Å². The lowest BCUT2D eigenvalue weighted by Gasteiger charge is -2.27. The number of rotatable bonds is 4. The molecular weight excluding hydrogens is 214 g/mol. The molecule has 1 aliphatic carbocycles. The third-order valence-corrected chi connectivity index (χ3v) is 5.07. The second-order valence-electron chi connectivity index (χ2n) is 5.08. The summed E-state index contributed by atoms with van der Waals surface area (Å²) in [5, 5.41) is 5.94. The Morgan fingerprint density at radius 1 is 1.50 bits per heavy atom. The highest BCUT2D eigenvalue weighted by molar-refractivity contribution is 7.10. The quantitative estimate of drug-likeness (QED) is 0.829. The van der Waals surface area contributed by atoms with Crippen molar-refractivity contribution in [3.05, 3.63) is 21.9 Å². The van der Waals surface area contributed by atoms with Gasteiger partial charge in [0.15, 0.2) is 0 Å². The number of aryl methyl sites for hydroxylation is 1. The van der Waals surface area contributed by atoms with Crippen molar-refractivity contribution >= 4 is 11.3 Å². The van der Waals surface area contributed by atoms with Crippen LogP contribution in [0.15, 0.2) is 11.4 Å². The molecule has 1 heterocycles. The summed E-state index contributed by atoms with van der Waals surface area (Å²) in [7, 11) is 0. The number of nitrogens with one attached hydrogen (secondary N) is 1. The lowest BCUT2D eigenvalue weighted by atomic mass is 9.88. The van der Waals surface area contributed by atoms with Crippen LogP contribution in [0.1, 0.15) is 49.6 Å². The van der Waals surface area contributed by atoms with Crippen molar-refractivity contribution < 1.29 is 0 Å². The summed E-state index contributed by atoms with van der Waals surface area (Å²) in [4.78, 5) is 1.57. The minimum atomic E-state index is 0.600. The summed E-state index contributed by atoms with van der Waals surface area (Å²) in [6, 6.07) is 2.85. The molecule has 0 aromatic carbocycles. The van der Waals surface area contributed by atoms with Crippen molar-refractivity contribution in [2.75, 3.05) is 6.54 Å². The van der Waals surface area contributed by atoms with E-state index in [1.54, 1.807) is 4.88 Å². The Balaban J connectivity index is 2.20. The summed E-state index contributed by atoms with van der Waals surface area (Å²) in [5.74, 6) is 1.72. The van der Waals surface area contributed by atoms with Gasteiger partial charge in [-0.3, -0.25) is 0 Å². The van der Waals surface area contributed by atoms with Crippen molar-refractivity contribution in [1.82, 2.24) is 5.32 Å². The van der Waals surface area contributed by atoms with Crippen LogP contribution in [0.5, 0.6) is 0 Å². The molecule has 1 nitrogen and oxygen atoms in total. The molecule has 0 aliphatic heterocycles. The van der Waals surface area contributed by atoms with Crippen molar-refractivity contribution in [1.29, 1.82) is 0 Å². The molecule has 0 radical (unpaired) electrons. The SMILES string of the molecule is CCNC(c1sccc1C)C1CCCC1C. The smallest absolute Gasteiger partial charge is 0.0448 e. The average molecular weight is 237 g/mol. The average Bonchev–Trinajstić information content (AvgIpc) is 2.84. The van der Waals surface area contributed by atoms with Gasteiger partial charge in [-0.05, 0) is 48.7 Å². The first-order chi connectivity index (χ1) is 7.74. The third kappa shape index (κ3) is 2.33. The van der Waals surface area contributed by atoms with E-state index in [9.17, 15) is 0 Å². The number of hydrogen-bond acceptors (Lipinski definition) is 2. The van der Waals surface area contributed by atoms with Gasteiger partial charge in [-0.1, -0.05) is 26.7 Å². The van der Waals surface area contributed by atoms with Crippen LogP contribution in [0.25, 0.3) is 0 Å². The van der Waals surface area contributed by atoms with Crippen LogP contribution < -0.4 is 5.32 Å². The first-order valence-corrected chi connectivity index (χ1v) is 7.39. The fraction of sp³-hybridized carbons (Fsp3) is 0.714. The minimum absolute atomic E-state index is 0.600. The van der Waals surface area contributed by atoms with E-state index >= 15 is 0 Å². The van der Waals surface area contributed by atoms with E-state index in [-0.39, 0.29) is 0 Å². The monoisotopic (exact) mass is 237 g/mol. The Kier molecular flexibility index (Phi) is 4.04. The maximum absolute atomic E-state index is 3.71. The predicted molar refractivity (Wildman–Crippen MR) is 72.0 cm³/mol. The molecule has 3 unspecified atom stereocenters.